The fourth-order valence-corrected chi connectivity index (χ4v) is 7.10. The summed E-state index contributed by atoms with van der Waals surface area (Å²) >= 11 is 0. The van der Waals surface area contributed by atoms with E-state index in [0.717, 1.165) is 0 Å². The van der Waals surface area contributed by atoms with Crippen LogP contribution in [0.5, 0.6) is 0 Å². The molecule has 0 aliphatic rings. The molecule has 0 atom stereocenters. The fourth-order valence-electron chi connectivity index (χ4n) is 0.845. The summed E-state index contributed by atoms with van der Waals surface area (Å²) in [6.45, 7) is 27.9. The van der Waals surface area contributed by atoms with E-state index in [9.17, 15) is 0 Å². The van der Waals surface area contributed by atoms with Crippen molar-refractivity contribution in [2.24, 2.45) is 0 Å². The molecule has 0 aliphatic carbocycles. The summed E-state index contributed by atoms with van der Waals surface area (Å²) in [5.41, 5.74) is 7.95. The van der Waals surface area contributed by atoms with Crippen molar-refractivity contribution in [3.05, 3.63) is 49.1 Å². The molecule has 0 unspecified atom stereocenters. The minimum Gasteiger partial charge on any atom is -0.449 e. The van der Waals surface area contributed by atoms with Crippen molar-refractivity contribution in [3.8, 4) is 0 Å². The summed E-state index contributed by atoms with van der Waals surface area (Å²) < 4.78 is 5.97. The number of hydrogen-bond acceptors (Lipinski definition) is 1. The van der Waals surface area contributed by atoms with Gasteiger partial charge in [-0.2, -0.15) is 0 Å². The molecule has 0 radical (unpaired) electrons. The molecule has 0 saturated carbocycles. The Hall–Kier alpha value is -0.429. The van der Waals surface area contributed by atoms with Crippen LogP contribution in [0.4, 0.5) is 0 Å². The van der Waals surface area contributed by atoms with E-state index in [2.05, 4.69) is 65.6 Å². The first-order chi connectivity index (χ1) is 7.95. The average Bonchev–Trinajstić information content (AvgIpc) is 2.29. The van der Waals surface area contributed by atoms with Crippen LogP contribution in [0, 0.1) is 0 Å². The van der Waals surface area contributed by atoms with Gasteiger partial charge in [0, 0.05) is 0 Å². The van der Waals surface area contributed by atoms with E-state index in [0.29, 0.717) is 0 Å². The minimum atomic E-state index is -1.58. The Kier molecular flexibility index (Phi) is 8.72. The standard InChI is InChI=1S/C8H18OSi2.C6H12Si/c1-7-10(3,4)9-11(5,6)8-2;1-5-7(3,4)6-2/h7-8H,1-2H2,3-6H3;5-6H,1-2H2,3-4H3. The van der Waals surface area contributed by atoms with Crippen molar-refractivity contribution in [1.29, 1.82) is 0 Å². The molecular formula is C14H30OSi3. The summed E-state index contributed by atoms with van der Waals surface area (Å²) in [7, 11) is -4.28. The van der Waals surface area contributed by atoms with Gasteiger partial charge in [-0.25, -0.2) is 0 Å². The molecule has 0 aromatic carbocycles. The van der Waals surface area contributed by atoms with Gasteiger partial charge in [-0.1, -0.05) is 35.9 Å². The fraction of sp³-hybridized carbons (Fsp3) is 0.429. The zero-order chi connectivity index (χ0) is 15.0. The highest BCUT2D eigenvalue weighted by molar-refractivity contribution is 6.89. The van der Waals surface area contributed by atoms with Gasteiger partial charge in [0.15, 0.2) is 16.6 Å². The maximum atomic E-state index is 5.97. The van der Waals surface area contributed by atoms with E-state index < -0.39 is 24.7 Å². The number of hydrogen-bond donors (Lipinski definition) is 0. The molecule has 18 heavy (non-hydrogen) atoms. The van der Waals surface area contributed by atoms with E-state index in [1.807, 2.05) is 22.8 Å². The van der Waals surface area contributed by atoms with Crippen LogP contribution in [-0.4, -0.2) is 24.7 Å². The van der Waals surface area contributed by atoms with E-state index in [-0.39, 0.29) is 0 Å². The molecule has 0 fully saturated rings. The lowest BCUT2D eigenvalue weighted by molar-refractivity contribution is 0.571. The molecule has 0 aromatic heterocycles. The van der Waals surface area contributed by atoms with Crippen LogP contribution in [0.1, 0.15) is 0 Å². The van der Waals surface area contributed by atoms with Crippen molar-refractivity contribution in [2.45, 2.75) is 39.3 Å². The second-order valence-corrected chi connectivity index (χ2v) is 18.5. The molecule has 0 rings (SSSR count). The summed E-state index contributed by atoms with van der Waals surface area (Å²) in [5.74, 6) is 0. The maximum Gasteiger partial charge on any atom is 0.198 e. The summed E-state index contributed by atoms with van der Waals surface area (Å²) in [6.07, 6.45) is 0. The normalized spacial score (nSPS) is 11.9. The highest BCUT2D eigenvalue weighted by Gasteiger charge is 2.27. The minimum absolute atomic E-state index is 1.12. The van der Waals surface area contributed by atoms with Crippen molar-refractivity contribution in [3.63, 3.8) is 0 Å². The van der Waals surface area contributed by atoms with Gasteiger partial charge in [-0.05, 0) is 26.2 Å². The lowest BCUT2D eigenvalue weighted by atomic mass is 11.2. The van der Waals surface area contributed by atoms with E-state index in [1.54, 1.807) is 0 Å². The Bertz CT molecular complexity index is 276. The van der Waals surface area contributed by atoms with Gasteiger partial charge in [-0.15, -0.1) is 26.3 Å². The monoisotopic (exact) mass is 298 g/mol. The Labute approximate surface area is 117 Å². The topological polar surface area (TPSA) is 9.23 Å². The Balaban J connectivity index is 0. The van der Waals surface area contributed by atoms with Crippen LogP contribution in [0.25, 0.3) is 0 Å². The van der Waals surface area contributed by atoms with Crippen LogP contribution in [-0.2, 0) is 4.12 Å². The lowest BCUT2D eigenvalue weighted by Crippen LogP contribution is -2.41. The SMILES string of the molecule is C=C[Si](C)(C)C=C.C=C[Si](C)(C)O[Si](C)(C)C=C. The molecule has 0 amide bonds. The quantitative estimate of drug-likeness (QED) is 0.626. The van der Waals surface area contributed by atoms with Gasteiger partial charge < -0.3 is 4.12 Å². The van der Waals surface area contributed by atoms with Crippen LogP contribution >= 0.6 is 0 Å². The highest BCUT2D eigenvalue weighted by atomic mass is 28.4. The van der Waals surface area contributed by atoms with Crippen molar-refractivity contribution in [1.82, 2.24) is 0 Å². The maximum absolute atomic E-state index is 5.97. The Morgan fingerprint density at radius 2 is 0.889 bits per heavy atom. The van der Waals surface area contributed by atoms with Crippen LogP contribution in [0.15, 0.2) is 49.1 Å². The summed E-state index contributed by atoms with van der Waals surface area (Å²) in [5, 5.41) is 0. The first kappa shape index (κ1) is 19.9. The molecule has 0 bridgehead atoms. The second kappa shape index (κ2) is 7.89. The first-order valence-electron chi connectivity index (χ1n) is 6.20. The molecule has 4 heteroatoms. The predicted molar refractivity (Wildman–Crippen MR) is 94.3 cm³/mol. The molecule has 0 aromatic rings. The van der Waals surface area contributed by atoms with Crippen molar-refractivity contribution in [2.75, 3.05) is 0 Å². The molecular weight excluding hydrogens is 268 g/mol. The average molecular weight is 299 g/mol. The smallest absolute Gasteiger partial charge is 0.198 e. The van der Waals surface area contributed by atoms with Gasteiger partial charge in [0.25, 0.3) is 0 Å². The van der Waals surface area contributed by atoms with E-state index in [4.69, 9.17) is 4.12 Å². The Morgan fingerprint density at radius 1 is 0.611 bits per heavy atom. The van der Waals surface area contributed by atoms with Gasteiger partial charge in [0.05, 0.1) is 8.07 Å². The molecule has 0 heterocycles. The Morgan fingerprint density at radius 3 is 1.00 bits per heavy atom. The third-order valence-electron chi connectivity index (χ3n) is 2.56. The second-order valence-electron chi connectivity index (χ2n) is 5.95. The zero-order valence-corrected chi connectivity index (χ0v) is 16.0. The van der Waals surface area contributed by atoms with Gasteiger partial charge in [-0.3, -0.25) is 0 Å². The molecule has 0 N–H and O–H groups in total. The van der Waals surface area contributed by atoms with E-state index in [1.165, 1.54) is 0 Å². The molecule has 0 aliphatic heterocycles. The summed E-state index contributed by atoms with van der Waals surface area (Å²) in [6, 6.07) is 0. The molecule has 0 spiro atoms. The van der Waals surface area contributed by atoms with Crippen LogP contribution in [0.2, 0.25) is 39.3 Å². The molecule has 104 valence electrons. The van der Waals surface area contributed by atoms with Crippen molar-refractivity contribution >= 4 is 24.7 Å². The van der Waals surface area contributed by atoms with Gasteiger partial charge in [0.1, 0.15) is 0 Å². The predicted octanol–water partition coefficient (Wildman–Crippen LogP) is 5.01. The summed E-state index contributed by atoms with van der Waals surface area (Å²) in [4.78, 5) is 0. The van der Waals surface area contributed by atoms with Gasteiger partial charge in [0.2, 0.25) is 0 Å². The lowest BCUT2D eigenvalue weighted by Gasteiger charge is -2.29. The molecule has 1 nitrogen and oxygen atoms in total. The van der Waals surface area contributed by atoms with Crippen molar-refractivity contribution < 1.29 is 4.12 Å². The first-order valence-corrected chi connectivity index (χ1v) is 15.3. The third-order valence-corrected chi connectivity index (χ3v) is 10.8. The van der Waals surface area contributed by atoms with E-state index >= 15 is 0 Å². The van der Waals surface area contributed by atoms with Gasteiger partial charge >= 0.3 is 0 Å². The third kappa shape index (κ3) is 10.7. The molecule has 0 saturated heterocycles. The van der Waals surface area contributed by atoms with Crippen LogP contribution < -0.4 is 0 Å². The largest absolute Gasteiger partial charge is 0.449 e. The number of rotatable bonds is 6. The highest BCUT2D eigenvalue weighted by Crippen LogP contribution is 2.15. The van der Waals surface area contributed by atoms with Crippen LogP contribution in [0.3, 0.4) is 0 Å². The zero-order valence-electron chi connectivity index (χ0n) is 13.0.